The number of hydrogen-bond acceptors (Lipinski definition) is 5. The number of hydrogen-bond donors (Lipinski definition) is 0. The Hall–Kier alpha value is -1.79. The predicted octanol–water partition coefficient (Wildman–Crippen LogP) is 5.29. The molecule has 134 valence electrons. The van der Waals surface area contributed by atoms with Gasteiger partial charge < -0.3 is 14.1 Å². The van der Waals surface area contributed by atoms with Gasteiger partial charge in [-0.2, -0.15) is 0 Å². The molecule has 6 heteroatoms. The van der Waals surface area contributed by atoms with Crippen LogP contribution in [0.1, 0.15) is 11.5 Å². The van der Waals surface area contributed by atoms with Gasteiger partial charge in [-0.25, -0.2) is 4.98 Å². The quantitative estimate of drug-likeness (QED) is 0.436. The number of aromatic nitrogens is 1. The number of ether oxygens (including phenoxy) is 1. The average molecular weight is 387 g/mol. The number of likely N-dealkylation sites (N-methyl/N-ethyl adjacent to an activating group) is 1. The molecule has 3 aromatic rings. The topological polar surface area (TPSA) is 38.5 Å². The van der Waals surface area contributed by atoms with E-state index in [9.17, 15) is 0 Å². The lowest BCUT2D eigenvalue weighted by atomic mass is 10.1. The van der Waals surface area contributed by atoms with Crippen molar-refractivity contribution in [3.05, 3.63) is 54.4 Å². The van der Waals surface area contributed by atoms with Gasteiger partial charge in [0.25, 0.3) is 0 Å². The average Bonchev–Trinajstić information content (AvgIpc) is 3.02. The van der Waals surface area contributed by atoms with Crippen LogP contribution >= 0.6 is 23.4 Å². The molecule has 0 saturated carbocycles. The molecule has 1 aromatic heterocycles. The number of alkyl halides is 1. The van der Waals surface area contributed by atoms with Crippen molar-refractivity contribution < 1.29 is 9.15 Å². The first-order valence-electron chi connectivity index (χ1n) is 8.41. The Morgan fingerprint density at radius 3 is 2.46 bits per heavy atom. The van der Waals surface area contributed by atoms with Crippen molar-refractivity contribution in [3.8, 4) is 22.6 Å². The zero-order chi connectivity index (χ0) is 18.1. The van der Waals surface area contributed by atoms with Crippen LogP contribution < -0.4 is 0 Å². The van der Waals surface area contributed by atoms with E-state index in [1.54, 1.807) is 11.8 Å². The number of nitrogens with zero attached hydrogens (tertiary/aromatic N) is 2. The van der Waals surface area contributed by atoms with Crippen LogP contribution in [-0.2, 0) is 4.74 Å². The Labute approximate surface area is 162 Å². The molecule has 4 rings (SSSR count). The first-order valence-corrected chi connectivity index (χ1v) is 9.66. The van der Waals surface area contributed by atoms with Crippen molar-refractivity contribution in [1.29, 1.82) is 0 Å². The summed E-state index contributed by atoms with van der Waals surface area (Å²) in [7, 11) is 3.98. The molecule has 26 heavy (non-hydrogen) atoms. The van der Waals surface area contributed by atoms with E-state index in [1.807, 2.05) is 43.3 Å². The summed E-state index contributed by atoms with van der Waals surface area (Å²) in [6.45, 7) is 1.29. The van der Waals surface area contributed by atoms with Crippen LogP contribution in [0, 0.1) is 0 Å². The summed E-state index contributed by atoms with van der Waals surface area (Å²) in [5.74, 6) is 1.14. The van der Waals surface area contributed by atoms with Gasteiger partial charge in [0.2, 0.25) is 11.5 Å². The highest BCUT2D eigenvalue weighted by molar-refractivity contribution is 7.99. The molecule has 4 nitrogen and oxygen atoms in total. The molecule has 1 atom stereocenters. The van der Waals surface area contributed by atoms with E-state index in [0.29, 0.717) is 12.5 Å². The largest absolute Gasteiger partial charge is 0.436 e. The van der Waals surface area contributed by atoms with Gasteiger partial charge in [-0.1, -0.05) is 59.8 Å². The van der Waals surface area contributed by atoms with E-state index >= 15 is 0 Å². The van der Waals surface area contributed by atoms with E-state index in [1.165, 1.54) is 0 Å². The van der Waals surface area contributed by atoms with Gasteiger partial charge in [0.05, 0.1) is 6.61 Å². The SMILES string of the molecule is CN(C)CCOC(Cl)c1nc2c(o1)-c1ccccc1Sc1ccccc1-2. The second-order valence-electron chi connectivity index (χ2n) is 6.31. The van der Waals surface area contributed by atoms with Crippen molar-refractivity contribution in [2.45, 2.75) is 15.4 Å². The Kier molecular flexibility index (Phi) is 5.05. The van der Waals surface area contributed by atoms with Crippen LogP contribution in [0.2, 0.25) is 0 Å². The molecule has 2 aromatic carbocycles. The van der Waals surface area contributed by atoms with Crippen molar-refractivity contribution in [2.24, 2.45) is 0 Å². The fourth-order valence-corrected chi connectivity index (χ4v) is 4.08. The Balaban J connectivity index is 1.75. The van der Waals surface area contributed by atoms with E-state index in [0.717, 1.165) is 38.9 Å². The Morgan fingerprint density at radius 1 is 1.08 bits per heavy atom. The zero-order valence-corrected chi connectivity index (χ0v) is 16.2. The molecule has 1 aliphatic rings. The first-order chi connectivity index (χ1) is 12.6. The van der Waals surface area contributed by atoms with Crippen LogP contribution in [0.3, 0.4) is 0 Å². The highest BCUT2D eigenvalue weighted by atomic mass is 35.5. The maximum absolute atomic E-state index is 6.40. The van der Waals surface area contributed by atoms with Crippen molar-refractivity contribution in [1.82, 2.24) is 9.88 Å². The molecular formula is C20H19ClN2O2S. The molecule has 0 N–H and O–H groups in total. The summed E-state index contributed by atoms with van der Waals surface area (Å²) >= 11 is 8.13. The second kappa shape index (κ2) is 7.45. The lowest BCUT2D eigenvalue weighted by Gasteiger charge is -2.11. The summed E-state index contributed by atoms with van der Waals surface area (Å²) in [4.78, 5) is 9.03. The number of fused-ring (bicyclic) bond motifs is 5. The van der Waals surface area contributed by atoms with E-state index < -0.39 is 5.56 Å². The van der Waals surface area contributed by atoms with Crippen LogP contribution in [-0.4, -0.2) is 37.1 Å². The van der Waals surface area contributed by atoms with Crippen molar-refractivity contribution in [2.75, 3.05) is 27.2 Å². The summed E-state index contributed by atoms with van der Waals surface area (Å²) in [6, 6.07) is 16.4. The molecule has 0 fully saturated rings. The molecule has 1 unspecified atom stereocenters. The fraction of sp³-hybridized carbons (Fsp3) is 0.250. The standard InChI is InChI=1S/C20H19ClN2O2S/c1-23(2)11-12-24-19(21)20-22-17-13-7-3-5-9-15(13)26-16-10-6-4-8-14(16)18(17)25-20/h3-10,19H,11-12H2,1-2H3. The van der Waals surface area contributed by atoms with Gasteiger partial charge in [-0.3, -0.25) is 0 Å². The third-order valence-electron chi connectivity index (χ3n) is 4.13. The summed E-state index contributed by atoms with van der Waals surface area (Å²) in [5.41, 5.74) is 2.18. The van der Waals surface area contributed by atoms with Crippen LogP contribution in [0.5, 0.6) is 0 Å². The predicted molar refractivity (Wildman–Crippen MR) is 105 cm³/mol. The molecule has 1 aliphatic heterocycles. The minimum atomic E-state index is -0.714. The van der Waals surface area contributed by atoms with Crippen LogP contribution in [0.4, 0.5) is 0 Å². The zero-order valence-electron chi connectivity index (χ0n) is 14.6. The monoisotopic (exact) mass is 386 g/mol. The van der Waals surface area contributed by atoms with Gasteiger partial charge >= 0.3 is 0 Å². The Bertz CT molecular complexity index is 863. The molecular weight excluding hydrogens is 368 g/mol. The smallest absolute Gasteiger partial charge is 0.240 e. The maximum atomic E-state index is 6.40. The highest BCUT2D eigenvalue weighted by Crippen LogP contribution is 2.48. The molecule has 0 spiro atoms. The second-order valence-corrected chi connectivity index (χ2v) is 7.79. The van der Waals surface area contributed by atoms with Crippen molar-refractivity contribution in [3.63, 3.8) is 0 Å². The summed E-state index contributed by atoms with van der Waals surface area (Å²) < 4.78 is 11.8. The normalized spacial score (nSPS) is 13.7. The fourth-order valence-electron chi connectivity index (χ4n) is 2.82. The third-order valence-corrected chi connectivity index (χ3v) is 5.60. The summed E-state index contributed by atoms with van der Waals surface area (Å²) in [6.07, 6.45) is 0. The minimum Gasteiger partial charge on any atom is -0.436 e. The molecule has 0 radical (unpaired) electrons. The molecule has 2 heterocycles. The van der Waals surface area contributed by atoms with E-state index in [-0.39, 0.29) is 0 Å². The lowest BCUT2D eigenvalue weighted by molar-refractivity contribution is 0.0782. The Morgan fingerprint density at radius 2 is 1.73 bits per heavy atom. The lowest BCUT2D eigenvalue weighted by Crippen LogP contribution is -2.18. The first kappa shape index (κ1) is 17.6. The highest BCUT2D eigenvalue weighted by Gasteiger charge is 2.27. The molecule has 0 saturated heterocycles. The van der Waals surface area contributed by atoms with E-state index in [2.05, 4.69) is 24.3 Å². The van der Waals surface area contributed by atoms with Gasteiger partial charge in [0.15, 0.2) is 5.76 Å². The van der Waals surface area contributed by atoms with E-state index in [4.69, 9.17) is 25.7 Å². The molecule has 0 aliphatic carbocycles. The van der Waals surface area contributed by atoms with Gasteiger partial charge in [0.1, 0.15) is 5.69 Å². The number of oxazole rings is 1. The molecule has 0 amide bonds. The van der Waals surface area contributed by atoms with Gasteiger partial charge in [-0.05, 0) is 26.2 Å². The van der Waals surface area contributed by atoms with Gasteiger partial charge in [-0.15, -0.1) is 0 Å². The van der Waals surface area contributed by atoms with Crippen LogP contribution in [0.25, 0.3) is 22.6 Å². The summed E-state index contributed by atoms with van der Waals surface area (Å²) in [5, 5.41) is 0. The van der Waals surface area contributed by atoms with Gasteiger partial charge in [0, 0.05) is 27.5 Å². The number of rotatable bonds is 5. The van der Waals surface area contributed by atoms with Crippen molar-refractivity contribution >= 4 is 23.4 Å². The number of halogens is 1. The number of benzene rings is 2. The third kappa shape index (κ3) is 3.40. The maximum Gasteiger partial charge on any atom is 0.240 e. The van der Waals surface area contributed by atoms with Crippen LogP contribution in [0.15, 0.2) is 62.7 Å². The molecule has 0 bridgehead atoms. The minimum absolute atomic E-state index is 0.395.